The van der Waals surface area contributed by atoms with E-state index >= 15 is 0 Å². The molecule has 2 nitrogen and oxygen atoms in total. The number of rotatable bonds is 3. The number of nitrogens with one attached hydrogen (secondary N) is 1. The summed E-state index contributed by atoms with van der Waals surface area (Å²) in [6.45, 7) is 1.83. The van der Waals surface area contributed by atoms with Gasteiger partial charge in [-0.15, -0.1) is 11.8 Å². The van der Waals surface area contributed by atoms with Crippen LogP contribution in [0.25, 0.3) is 0 Å². The van der Waals surface area contributed by atoms with Crippen molar-refractivity contribution in [2.45, 2.75) is 43.1 Å². The van der Waals surface area contributed by atoms with E-state index in [2.05, 4.69) is 10.3 Å². The lowest BCUT2D eigenvalue weighted by Gasteiger charge is -2.21. The Labute approximate surface area is 150 Å². The fourth-order valence-electron chi connectivity index (χ4n) is 3.09. The minimum absolute atomic E-state index is 0.213. The smallest absolute Gasteiger partial charge is 0.380 e. The standard InChI is InChI=1S/C17H16F6N2S/c1-2-26-15-6-9(16(18,19)20)3-4-11(15)12-7-13-14(25-12)5-10(8-24-13)17(21,22)23/h3-4,6,8,10,12,25H,2,5,7H2,1H3. The summed E-state index contributed by atoms with van der Waals surface area (Å²) in [5, 5.41) is 3.04. The number of nitrogens with zero attached hydrogens (tertiary/aromatic N) is 1. The molecular formula is C17H16F6N2S. The molecule has 3 rings (SSSR count). The quantitative estimate of drug-likeness (QED) is 0.524. The second kappa shape index (κ2) is 6.83. The van der Waals surface area contributed by atoms with E-state index in [4.69, 9.17) is 0 Å². The highest BCUT2D eigenvalue weighted by Gasteiger charge is 2.42. The van der Waals surface area contributed by atoms with E-state index in [1.54, 1.807) is 0 Å². The average molecular weight is 394 g/mol. The molecule has 2 heterocycles. The zero-order valence-electron chi connectivity index (χ0n) is 13.7. The first-order valence-corrected chi connectivity index (χ1v) is 9.01. The summed E-state index contributed by atoms with van der Waals surface area (Å²) in [5.41, 5.74) is 0.885. The number of aliphatic imine (C=N–C) groups is 1. The van der Waals surface area contributed by atoms with Gasteiger partial charge in [0.05, 0.1) is 23.2 Å². The molecule has 2 unspecified atom stereocenters. The maximum atomic E-state index is 13.0. The summed E-state index contributed by atoms with van der Waals surface area (Å²) < 4.78 is 77.5. The molecule has 9 heteroatoms. The van der Waals surface area contributed by atoms with E-state index in [-0.39, 0.29) is 12.5 Å². The highest BCUT2D eigenvalue weighted by molar-refractivity contribution is 7.99. The van der Waals surface area contributed by atoms with Gasteiger partial charge in [-0.1, -0.05) is 13.0 Å². The molecule has 1 aromatic carbocycles. The Kier molecular flexibility index (Phi) is 5.02. The Morgan fingerprint density at radius 2 is 1.88 bits per heavy atom. The summed E-state index contributed by atoms with van der Waals surface area (Å²) in [7, 11) is 0. The van der Waals surface area contributed by atoms with Gasteiger partial charge in [0.15, 0.2) is 0 Å². The Morgan fingerprint density at radius 3 is 2.50 bits per heavy atom. The number of halogens is 6. The van der Waals surface area contributed by atoms with Crippen LogP contribution < -0.4 is 5.32 Å². The van der Waals surface area contributed by atoms with Crippen LogP contribution in [-0.4, -0.2) is 18.1 Å². The van der Waals surface area contributed by atoms with Crippen LogP contribution >= 0.6 is 11.8 Å². The van der Waals surface area contributed by atoms with Crippen molar-refractivity contribution >= 4 is 18.0 Å². The third kappa shape index (κ3) is 3.87. The van der Waals surface area contributed by atoms with Crippen LogP contribution in [0.5, 0.6) is 0 Å². The normalized spacial score (nSPS) is 23.2. The number of benzene rings is 1. The number of allylic oxidation sites excluding steroid dienone is 1. The van der Waals surface area contributed by atoms with Gasteiger partial charge in [-0.25, -0.2) is 0 Å². The minimum atomic E-state index is -4.44. The fourth-order valence-corrected chi connectivity index (χ4v) is 3.99. The monoisotopic (exact) mass is 394 g/mol. The molecule has 0 bridgehead atoms. The SMILES string of the molecule is CCSc1cc(C(F)(F)F)ccc1C1CC2=C(CC(C(F)(F)F)C=N2)N1. The van der Waals surface area contributed by atoms with Crippen LogP contribution in [0.2, 0.25) is 0 Å². The van der Waals surface area contributed by atoms with E-state index in [0.717, 1.165) is 18.3 Å². The van der Waals surface area contributed by atoms with Crippen LogP contribution in [0.4, 0.5) is 26.3 Å². The van der Waals surface area contributed by atoms with Gasteiger partial charge in [0, 0.05) is 29.6 Å². The zero-order chi connectivity index (χ0) is 19.1. The van der Waals surface area contributed by atoms with Crippen LogP contribution in [0, 0.1) is 5.92 Å². The lowest BCUT2D eigenvalue weighted by atomic mass is 10.0. The van der Waals surface area contributed by atoms with Crippen molar-refractivity contribution in [2.24, 2.45) is 10.9 Å². The Morgan fingerprint density at radius 1 is 1.15 bits per heavy atom. The molecular weight excluding hydrogens is 378 g/mol. The highest BCUT2D eigenvalue weighted by atomic mass is 32.2. The molecule has 2 aliphatic heterocycles. The number of hydrogen-bond donors (Lipinski definition) is 1. The lowest BCUT2D eigenvalue weighted by molar-refractivity contribution is -0.154. The van der Waals surface area contributed by atoms with Gasteiger partial charge in [0.2, 0.25) is 0 Å². The second-order valence-electron chi connectivity index (χ2n) is 6.14. The lowest BCUT2D eigenvalue weighted by Crippen LogP contribution is -2.28. The molecule has 26 heavy (non-hydrogen) atoms. The maximum Gasteiger partial charge on any atom is 0.416 e. The third-order valence-corrected chi connectivity index (χ3v) is 5.32. The summed E-state index contributed by atoms with van der Waals surface area (Å²) in [6.07, 6.45) is -7.74. The van der Waals surface area contributed by atoms with E-state index in [1.165, 1.54) is 17.8 Å². The Bertz CT molecular complexity index is 751. The van der Waals surface area contributed by atoms with Crippen molar-refractivity contribution in [2.75, 3.05) is 5.75 Å². The van der Waals surface area contributed by atoms with Crippen molar-refractivity contribution in [1.29, 1.82) is 0 Å². The molecule has 0 radical (unpaired) electrons. The van der Waals surface area contributed by atoms with Gasteiger partial charge in [0.25, 0.3) is 0 Å². The van der Waals surface area contributed by atoms with Gasteiger partial charge >= 0.3 is 12.4 Å². The molecule has 0 saturated carbocycles. The molecule has 0 amide bonds. The third-order valence-electron chi connectivity index (χ3n) is 4.37. The number of thioether (sulfide) groups is 1. The van der Waals surface area contributed by atoms with Crippen molar-refractivity contribution in [3.8, 4) is 0 Å². The minimum Gasteiger partial charge on any atom is -0.380 e. The Hall–Kier alpha value is -1.64. The second-order valence-corrected chi connectivity index (χ2v) is 7.45. The molecule has 0 aromatic heterocycles. The van der Waals surface area contributed by atoms with E-state index < -0.39 is 23.8 Å². The van der Waals surface area contributed by atoms with E-state index in [0.29, 0.717) is 34.0 Å². The van der Waals surface area contributed by atoms with Crippen molar-refractivity contribution in [3.63, 3.8) is 0 Å². The van der Waals surface area contributed by atoms with E-state index in [9.17, 15) is 26.3 Å². The topological polar surface area (TPSA) is 24.4 Å². The summed E-state index contributed by atoms with van der Waals surface area (Å²) in [6, 6.07) is 3.14. The van der Waals surface area contributed by atoms with Crippen molar-refractivity contribution in [3.05, 3.63) is 40.7 Å². The predicted octanol–water partition coefficient (Wildman–Crippen LogP) is 5.72. The molecule has 2 aliphatic rings. The molecule has 2 atom stereocenters. The Balaban J connectivity index is 1.83. The molecule has 1 aromatic rings. The summed E-state index contributed by atoms with van der Waals surface area (Å²) in [5.74, 6) is -1.05. The number of hydrogen-bond acceptors (Lipinski definition) is 3. The first-order valence-electron chi connectivity index (χ1n) is 8.03. The van der Waals surface area contributed by atoms with Gasteiger partial charge in [-0.2, -0.15) is 26.3 Å². The van der Waals surface area contributed by atoms with E-state index in [1.807, 2.05) is 6.92 Å². The number of alkyl halides is 6. The largest absolute Gasteiger partial charge is 0.416 e. The molecule has 1 N–H and O–H groups in total. The van der Waals surface area contributed by atoms with Crippen molar-refractivity contribution < 1.29 is 26.3 Å². The van der Waals surface area contributed by atoms with Gasteiger partial charge in [-0.05, 0) is 23.4 Å². The molecule has 142 valence electrons. The summed E-state index contributed by atoms with van der Waals surface area (Å²) in [4.78, 5) is 4.42. The predicted molar refractivity (Wildman–Crippen MR) is 88.0 cm³/mol. The maximum absolute atomic E-state index is 13.0. The average Bonchev–Trinajstić information content (AvgIpc) is 2.96. The van der Waals surface area contributed by atoms with Crippen LogP contribution in [0.15, 0.2) is 39.5 Å². The van der Waals surface area contributed by atoms with Gasteiger partial charge < -0.3 is 5.32 Å². The highest BCUT2D eigenvalue weighted by Crippen LogP contribution is 2.43. The van der Waals surface area contributed by atoms with Crippen molar-refractivity contribution in [1.82, 2.24) is 5.32 Å². The zero-order valence-corrected chi connectivity index (χ0v) is 14.5. The molecule has 0 saturated heterocycles. The first-order chi connectivity index (χ1) is 12.1. The first kappa shape index (κ1) is 19.1. The van der Waals surface area contributed by atoms with Crippen LogP contribution in [-0.2, 0) is 6.18 Å². The van der Waals surface area contributed by atoms with Gasteiger partial charge in [-0.3, -0.25) is 4.99 Å². The van der Waals surface area contributed by atoms with Crippen LogP contribution in [0.3, 0.4) is 0 Å². The van der Waals surface area contributed by atoms with Gasteiger partial charge in [0.1, 0.15) is 0 Å². The van der Waals surface area contributed by atoms with Crippen LogP contribution in [0.1, 0.15) is 36.9 Å². The molecule has 0 aliphatic carbocycles. The molecule has 0 spiro atoms. The fraction of sp³-hybridized carbons (Fsp3) is 0.471. The molecule has 0 fully saturated rings. The summed E-state index contributed by atoms with van der Waals surface area (Å²) >= 11 is 1.28.